The molecule has 0 saturated heterocycles. The lowest BCUT2D eigenvalue weighted by atomic mass is 9.96. The number of sulfonamides is 1. The second-order valence-electron chi connectivity index (χ2n) is 6.42. The summed E-state index contributed by atoms with van der Waals surface area (Å²) in [5.74, 6) is 1.98. The topological polar surface area (TPSA) is 55.4 Å². The number of fused-ring (bicyclic) bond motifs is 2. The van der Waals surface area contributed by atoms with E-state index in [1.165, 1.54) is 19.3 Å². The average molecular weight is 309 g/mol. The Morgan fingerprint density at radius 1 is 1.14 bits per heavy atom. The lowest BCUT2D eigenvalue weighted by Crippen LogP contribution is -2.38. The van der Waals surface area contributed by atoms with Crippen LogP contribution in [0.5, 0.6) is 5.75 Å². The Labute approximate surface area is 126 Å². The molecule has 0 spiro atoms. The number of benzene rings is 1. The van der Waals surface area contributed by atoms with Gasteiger partial charge in [0.25, 0.3) is 0 Å². The van der Waals surface area contributed by atoms with Gasteiger partial charge in [-0.3, -0.25) is 0 Å². The standard InChI is InChI=1S/C16H23NO3S/c1-10-11(2)16(7-6-15(10)20-3)21(18,19)17-14-9-12-4-5-13(14)8-12/h6-7,12-14,17H,4-5,8-9H2,1-3H3/t12-,13-,14-/m0/s1. The summed E-state index contributed by atoms with van der Waals surface area (Å²) in [6, 6.07) is 3.50. The Balaban J connectivity index is 1.87. The summed E-state index contributed by atoms with van der Waals surface area (Å²) < 4.78 is 33.6. The van der Waals surface area contributed by atoms with E-state index in [-0.39, 0.29) is 6.04 Å². The number of hydrogen-bond acceptors (Lipinski definition) is 3. The van der Waals surface area contributed by atoms with Crippen LogP contribution in [-0.4, -0.2) is 21.6 Å². The van der Waals surface area contributed by atoms with Crippen LogP contribution in [0.1, 0.15) is 36.8 Å². The van der Waals surface area contributed by atoms with Gasteiger partial charge < -0.3 is 4.74 Å². The van der Waals surface area contributed by atoms with E-state index < -0.39 is 10.0 Å². The quantitative estimate of drug-likeness (QED) is 0.930. The van der Waals surface area contributed by atoms with Crippen molar-refractivity contribution in [1.29, 1.82) is 0 Å². The minimum atomic E-state index is -3.45. The number of ether oxygens (including phenoxy) is 1. The third-order valence-corrected chi connectivity index (χ3v) is 6.88. The SMILES string of the molecule is COc1ccc(S(=O)(=O)N[C@H]2C[C@H]3CC[C@H]2C3)c(C)c1C. The molecule has 0 aliphatic heterocycles. The number of nitrogens with one attached hydrogen (secondary N) is 1. The van der Waals surface area contributed by atoms with Crippen LogP contribution in [-0.2, 0) is 10.0 Å². The van der Waals surface area contributed by atoms with Gasteiger partial charge in [-0.15, -0.1) is 0 Å². The van der Waals surface area contributed by atoms with Crippen LogP contribution in [0.3, 0.4) is 0 Å². The van der Waals surface area contributed by atoms with E-state index in [2.05, 4.69) is 4.72 Å². The van der Waals surface area contributed by atoms with Gasteiger partial charge in [-0.2, -0.15) is 0 Å². The normalized spacial score (nSPS) is 28.0. The van der Waals surface area contributed by atoms with Gasteiger partial charge in [0.2, 0.25) is 10.0 Å². The Morgan fingerprint density at radius 3 is 2.48 bits per heavy atom. The van der Waals surface area contributed by atoms with Gasteiger partial charge in [-0.05, 0) is 68.2 Å². The van der Waals surface area contributed by atoms with Gasteiger partial charge in [0.1, 0.15) is 5.75 Å². The van der Waals surface area contributed by atoms with Gasteiger partial charge in [0.05, 0.1) is 12.0 Å². The molecule has 116 valence electrons. The Morgan fingerprint density at radius 2 is 1.90 bits per heavy atom. The van der Waals surface area contributed by atoms with Crippen molar-refractivity contribution in [2.24, 2.45) is 11.8 Å². The van der Waals surface area contributed by atoms with Crippen molar-refractivity contribution in [3.8, 4) is 5.75 Å². The maximum absolute atomic E-state index is 12.7. The van der Waals surface area contributed by atoms with E-state index >= 15 is 0 Å². The van der Waals surface area contributed by atoms with Gasteiger partial charge in [0, 0.05) is 6.04 Å². The monoisotopic (exact) mass is 309 g/mol. The molecular formula is C16H23NO3S. The summed E-state index contributed by atoms with van der Waals surface area (Å²) in [5.41, 5.74) is 1.65. The molecule has 0 aromatic heterocycles. The van der Waals surface area contributed by atoms with Crippen LogP contribution in [0.25, 0.3) is 0 Å². The first-order chi connectivity index (χ1) is 9.92. The molecule has 0 radical (unpaired) electrons. The fourth-order valence-corrected chi connectivity index (χ4v) is 5.55. The van der Waals surface area contributed by atoms with Crippen molar-refractivity contribution in [3.63, 3.8) is 0 Å². The van der Waals surface area contributed by atoms with Crippen LogP contribution in [0.4, 0.5) is 0 Å². The Hall–Kier alpha value is -1.07. The third kappa shape index (κ3) is 2.57. The van der Waals surface area contributed by atoms with E-state index in [4.69, 9.17) is 4.74 Å². The highest BCUT2D eigenvalue weighted by atomic mass is 32.2. The lowest BCUT2D eigenvalue weighted by Gasteiger charge is -2.23. The first-order valence-corrected chi connectivity index (χ1v) is 9.07. The third-order valence-electron chi connectivity index (χ3n) is 5.24. The molecule has 0 amide bonds. The highest BCUT2D eigenvalue weighted by molar-refractivity contribution is 7.89. The van der Waals surface area contributed by atoms with Gasteiger partial charge >= 0.3 is 0 Å². The summed E-state index contributed by atoms with van der Waals surface area (Å²) in [6.45, 7) is 3.73. The van der Waals surface area contributed by atoms with Crippen molar-refractivity contribution in [1.82, 2.24) is 4.72 Å². The minimum Gasteiger partial charge on any atom is -0.496 e. The van der Waals surface area contributed by atoms with Crippen LogP contribution in [0.2, 0.25) is 0 Å². The molecule has 4 nitrogen and oxygen atoms in total. The molecule has 2 aliphatic carbocycles. The molecule has 5 heteroatoms. The zero-order valence-electron chi connectivity index (χ0n) is 12.8. The van der Waals surface area contributed by atoms with E-state index in [9.17, 15) is 8.42 Å². The van der Waals surface area contributed by atoms with Crippen LogP contribution >= 0.6 is 0 Å². The number of rotatable bonds is 4. The largest absolute Gasteiger partial charge is 0.496 e. The van der Waals surface area contributed by atoms with E-state index in [0.717, 1.165) is 29.2 Å². The summed E-state index contributed by atoms with van der Waals surface area (Å²) in [6.07, 6.45) is 4.62. The molecule has 0 heterocycles. The summed E-state index contributed by atoms with van der Waals surface area (Å²) >= 11 is 0. The molecule has 0 unspecified atom stereocenters. The predicted octanol–water partition coefficient (Wildman–Crippen LogP) is 2.78. The molecule has 3 rings (SSSR count). The second-order valence-corrected chi connectivity index (χ2v) is 8.10. The van der Waals surface area contributed by atoms with Crippen molar-refractivity contribution < 1.29 is 13.2 Å². The molecule has 3 atom stereocenters. The van der Waals surface area contributed by atoms with E-state index in [1.54, 1.807) is 19.2 Å². The van der Waals surface area contributed by atoms with Gasteiger partial charge in [0.15, 0.2) is 0 Å². The molecule has 2 saturated carbocycles. The predicted molar refractivity (Wildman–Crippen MR) is 82.0 cm³/mol. The maximum atomic E-state index is 12.7. The summed E-state index contributed by atoms with van der Waals surface area (Å²) in [5, 5.41) is 0. The van der Waals surface area contributed by atoms with E-state index in [1.807, 2.05) is 13.8 Å². The zero-order valence-corrected chi connectivity index (χ0v) is 13.7. The molecular weight excluding hydrogens is 286 g/mol. The number of hydrogen-bond donors (Lipinski definition) is 1. The first-order valence-electron chi connectivity index (χ1n) is 7.59. The molecule has 1 N–H and O–H groups in total. The molecule has 2 bridgehead atoms. The number of methoxy groups -OCH3 is 1. The highest BCUT2D eigenvalue weighted by Gasteiger charge is 2.41. The van der Waals surface area contributed by atoms with E-state index in [0.29, 0.717) is 10.8 Å². The Bertz CT molecular complexity index is 654. The van der Waals surface area contributed by atoms with Crippen LogP contribution < -0.4 is 9.46 Å². The molecule has 21 heavy (non-hydrogen) atoms. The fourth-order valence-electron chi connectivity index (χ4n) is 3.94. The van der Waals surface area contributed by atoms with Crippen molar-refractivity contribution in [3.05, 3.63) is 23.3 Å². The fraction of sp³-hybridized carbons (Fsp3) is 0.625. The smallest absolute Gasteiger partial charge is 0.241 e. The molecule has 1 aromatic carbocycles. The van der Waals surface area contributed by atoms with Crippen molar-refractivity contribution in [2.45, 2.75) is 50.5 Å². The summed E-state index contributed by atoms with van der Waals surface area (Å²) in [4.78, 5) is 0.378. The molecule has 2 fully saturated rings. The summed E-state index contributed by atoms with van der Waals surface area (Å²) in [7, 11) is -1.85. The van der Waals surface area contributed by atoms with Gasteiger partial charge in [-0.1, -0.05) is 6.42 Å². The maximum Gasteiger partial charge on any atom is 0.241 e. The van der Waals surface area contributed by atoms with Crippen molar-refractivity contribution in [2.75, 3.05) is 7.11 Å². The second kappa shape index (κ2) is 5.29. The zero-order chi connectivity index (χ0) is 15.2. The Kier molecular flexibility index (Phi) is 3.74. The van der Waals surface area contributed by atoms with Crippen LogP contribution in [0.15, 0.2) is 17.0 Å². The van der Waals surface area contributed by atoms with Gasteiger partial charge in [-0.25, -0.2) is 13.1 Å². The highest BCUT2D eigenvalue weighted by Crippen LogP contribution is 2.45. The first kappa shape index (κ1) is 14.9. The molecule has 2 aliphatic rings. The van der Waals surface area contributed by atoms with Crippen LogP contribution in [0, 0.1) is 25.7 Å². The minimum absolute atomic E-state index is 0.121. The molecule has 1 aromatic rings. The average Bonchev–Trinajstić information content (AvgIpc) is 3.03. The van der Waals surface area contributed by atoms with Crippen molar-refractivity contribution >= 4 is 10.0 Å². The lowest BCUT2D eigenvalue weighted by molar-refractivity contribution is 0.390.